The molecule has 5 heteroatoms. The van der Waals surface area contributed by atoms with Gasteiger partial charge < -0.3 is 20.1 Å². The molecule has 0 aromatic rings. The van der Waals surface area contributed by atoms with Crippen LogP contribution in [0.4, 0.5) is 4.79 Å². The Hall–Kier alpha value is -0.810. The highest BCUT2D eigenvalue weighted by atomic mass is 16.6. The van der Waals surface area contributed by atoms with Crippen molar-refractivity contribution in [3.05, 3.63) is 0 Å². The number of rotatable bonds is 6. The van der Waals surface area contributed by atoms with Gasteiger partial charge in [-0.15, -0.1) is 0 Å². The van der Waals surface area contributed by atoms with Gasteiger partial charge >= 0.3 is 6.09 Å². The first-order valence-corrected chi connectivity index (χ1v) is 5.97. The molecule has 2 unspecified atom stereocenters. The summed E-state index contributed by atoms with van der Waals surface area (Å²) >= 11 is 0. The molecule has 0 rings (SSSR count). The van der Waals surface area contributed by atoms with Gasteiger partial charge in [0.2, 0.25) is 0 Å². The molecule has 5 nitrogen and oxygen atoms in total. The molecule has 102 valence electrons. The molecular weight excluding hydrogens is 220 g/mol. The molecule has 1 amide bonds. The van der Waals surface area contributed by atoms with Crippen LogP contribution in [0, 0.1) is 0 Å². The van der Waals surface area contributed by atoms with Gasteiger partial charge in [-0.05, 0) is 34.6 Å². The maximum absolute atomic E-state index is 11.4. The summed E-state index contributed by atoms with van der Waals surface area (Å²) in [5.74, 6) is 0. The van der Waals surface area contributed by atoms with E-state index in [0.29, 0.717) is 6.54 Å². The van der Waals surface area contributed by atoms with Crippen molar-refractivity contribution in [3.63, 3.8) is 0 Å². The lowest BCUT2D eigenvalue weighted by atomic mass is 10.2. The number of alkyl carbamates (subject to hydrolysis) is 1. The summed E-state index contributed by atoms with van der Waals surface area (Å²) in [6, 6.07) is 0.0221. The van der Waals surface area contributed by atoms with Crippen LogP contribution < -0.4 is 10.6 Å². The molecule has 0 aliphatic carbocycles. The quantitative estimate of drug-likeness (QED) is 0.746. The zero-order valence-corrected chi connectivity index (χ0v) is 11.8. The average molecular weight is 246 g/mol. The van der Waals surface area contributed by atoms with Crippen LogP contribution in [0.5, 0.6) is 0 Å². The number of amides is 1. The third-order valence-electron chi connectivity index (χ3n) is 2.05. The first-order chi connectivity index (χ1) is 7.74. The fourth-order valence-corrected chi connectivity index (χ4v) is 1.15. The number of ether oxygens (including phenoxy) is 2. The number of methoxy groups -OCH3 is 1. The van der Waals surface area contributed by atoms with Gasteiger partial charge in [-0.25, -0.2) is 4.79 Å². The number of hydrogen-bond acceptors (Lipinski definition) is 4. The summed E-state index contributed by atoms with van der Waals surface area (Å²) < 4.78 is 10.3. The minimum atomic E-state index is -0.457. The van der Waals surface area contributed by atoms with E-state index in [2.05, 4.69) is 10.6 Å². The van der Waals surface area contributed by atoms with Crippen molar-refractivity contribution in [2.75, 3.05) is 20.2 Å². The van der Waals surface area contributed by atoms with Crippen molar-refractivity contribution in [1.82, 2.24) is 10.6 Å². The molecule has 0 fully saturated rings. The molecule has 0 radical (unpaired) electrons. The van der Waals surface area contributed by atoms with Crippen molar-refractivity contribution < 1.29 is 14.3 Å². The molecule has 0 aromatic carbocycles. The van der Waals surface area contributed by atoms with E-state index in [1.807, 2.05) is 34.6 Å². The van der Waals surface area contributed by atoms with E-state index < -0.39 is 5.60 Å². The highest BCUT2D eigenvalue weighted by Crippen LogP contribution is 2.06. The highest BCUT2D eigenvalue weighted by Gasteiger charge is 2.17. The van der Waals surface area contributed by atoms with Crippen molar-refractivity contribution in [2.45, 2.75) is 52.4 Å². The summed E-state index contributed by atoms with van der Waals surface area (Å²) in [6.07, 6.45) is -0.213. The van der Waals surface area contributed by atoms with Gasteiger partial charge in [-0.1, -0.05) is 0 Å². The number of carbonyl (C=O) groups is 1. The third kappa shape index (κ3) is 10.1. The molecule has 0 aliphatic heterocycles. The summed E-state index contributed by atoms with van der Waals surface area (Å²) in [6.45, 7) is 10.9. The fourth-order valence-electron chi connectivity index (χ4n) is 1.15. The van der Waals surface area contributed by atoms with Gasteiger partial charge in [0.25, 0.3) is 0 Å². The number of nitrogens with one attached hydrogen (secondary N) is 2. The first kappa shape index (κ1) is 16.2. The zero-order valence-electron chi connectivity index (χ0n) is 11.8. The van der Waals surface area contributed by atoms with E-state index in [0.717, 1.165) is 6.54 Å². The van der Waals surface area contributed by atoms with Gasteiger partial charge in [0.1, 0.15) is 5.60 Å². The van der Waals surface area contributed by atoms with E-state index >= 15 is 0 Å². The van der Waals surface area contributed by atoms with Gasteiger partial charge in [0, 0.05) is 26.2 Å². The predicted molar refractivity (Wildman–Crippen MR) is 68.2 cm³/mol. The van der Waals surface area contributed by atoms with Crippen molar-refractivity contribution >= 4 is 6.09 Å². The Labute approximate surface area is 104 Å². The number of hydrogen-bond donors (Lipinski definition) is 2. The normalized spacial score (nSPS) is 15.2. The van der Waals surface area contributed by atoms with Crippen molar-refractivity contribution in [3.8, 4) is 0 Å². The van der Waals surface area contributed by atoms with E-state index in [9.17, 15) is 4.79 Å². The van der Waals surface area contributed by atoms with Crippen LogP contribution in [0.2, 0.25) is 0 Å². The topological polar surface area (TPSA) is 59.6 Å². The van der Waals surface area contributed by atoms with Crippen LogP contribution in [0.1, 0.15) is 34.6 Å². The minimum absolute atomic E-state index is 0.0221. The van der Waals surface area contributed by atoms with Crippen LogP contribution in [0.15, 0.2) is 0 Å². The molecule has 0 spiro atoms. The highest BCUT2D eigenvalue weighted by molar-refractivity contribution is 5.68. The predicted octanol–water partition coefficient (Wildman–Crippen LogP) is 1.52. The second-order valence-electron chi connectivity index (χ2n) is 5.25. The Morgan fingerprint density at radius 3 is 2.29 bits per heavy atom. The van der Waals surface area contributed by atoms with Crippen LogP contribution in [-0.2, 0) is 9.47 Å². The van der Waals surface area contributed by atoms with Crippen LogP contribution >= 0.6 is 0 Å². The first-order valence-electron chi connectivity index (χ1n) is 5.97. The lowest BCUT2D eigenvalue weighted by molar-refractivity contribution is 0.0507. The molecule has 0 heterocycles. The molecule has 0 aromatic heterocycles. The van der Waals surface area contributed by atoms with Gasteiger partial charge in [-0.3, -0.25) is 0 Å². The lowest BCUT2D eigenvalue weighted by Gasteiger charge is -2.22. The fraction of sp³-hybridized carbons (Fsp3) is 0.917. The maximum Gasteiger partial charge on any atom is 0.407 e. The summed E-state index contributed by atoms with van der Waals surface area (Å²) in [5.41, 5.74) is -0.457. The third-order valence-corrected chi connectivity index (χ3v) is 2.05. The molecule has 0 aliphatic rings. The van der Waals surface area contributed by atoms with E-state index in [-0.39, 0.29) is 18.2 Å². The summed E-state index contributed by atoms with van der Waals surface area (Å²) in [7, 11) is 1.68. The van der Waals surface area contributed by atoms with Crippen LogP contribution in [0.3, 0.4) is 0 Å². The van der Waals surface area contributed by atoms with E-state index in [1.165, 1.54) is 0 Å². The Morgan fingerprint density at radius 2 is 1.82 bits per heavy atom. The van der Waals surface area contributed by atoms with Gasteiger partial charge in [-0.2, -0.15) is 0 Å². The standard InChI is InChI=1S/C12H26N2O3/c1-9(7-13-8-10(2)16-6)14-11(15)17-12(3,4)5/h9-10,13H,7-8H2,1-6H3,(H,14,15). The lowest BCUT2D eigenvalue weighted by Crippen LogP contribution is -2.43. The van der Waals surface area contributed by atoms with Gasteiger partial charge in [0.05, 0.1) is 6.10 Å². The minimum Gasteiger partial charge on any atom is -0.444 e. The Kier molecular flexibility index (Phi) is 7.15. The summed E-state index contributed by atoms with van der Waals surface area (Å²) in [4.78, 5) is 11.4. The molecular formula is C12H26N2O3. The molecule has 0 saturated carbocycles. The molecule has 0 saturated heterocycles. The van der Waals surface area contributed by atoms with Crippen molar-refractivity contribution in [2.24, 2.45) is 0 Å². The average Bonchev–Trinajstić information content (AvgIpc) is 2.13. The Bertz CT molecular complexity index is 226. The smallest absolute Gasteiger partial charge is 0.407 e. The van der Waals surface area contributed by atoms with Crippen molar-refractivity contribution in [1.29, 1.82) is 0 Å². The monoisotopic (exact) mass is 246 g/mol. The Balaban J connectivity index is 3.71. The van der Waals surface area contributed by atoms with E-state index in [1.54, 1.807) is 7.11 Å². The number of carbonyl (C=O) groups excluding carboxylic acids is 1. The second-order valence-corrected chi connectivity index (χ2v) is 5.25. The largest absolute Gasteiger partial charge is 0.444 e. The molecule has 17 heavy (non-hydrogen) atoms. The molecule has 0 bridgehead atoms. The van der Waals surface area contributed by atoms with Crippen LogP contribution in [0.25, 0.3) is 0 Å². The van der Waals surface area contributed by atoms with Crippen LogP contribution in [-0.4, -0.2) is 44.0 Å². The zero-order chi connectivity index (χ0) is 13.5. The molecule has 2 N–H and O–H groups in total. The van der Waals surface area contributed by atoms with Gasteiger partial charge in [0.15, 0.2) is 0 Å². The van der Waals surface area contributed by atoms with E-state index in [4.69, 9.17) is 9.47 Å². The Morgan fingerprint density at radius 1 is 1.24 bits per heavy atom. The second kappa shape index (κ2) is 7.50. The summed E-state index contributed by atoms with van der Waals surface area (Å²) in [5, 5.41) is 5.97. The SMILES string of the molecule is COC(C)CNCC(C)NC(=O)OC(C)(C)C. The maximum atomic E-state index is 11.4. The molecule has 2 atom stereocenters.